The topological polar surface area (TPSA) is 330 Å². The molecule has 7 N–H and O–H groups in total. The molecule has 3 aromatic carbocycles. The van der Waals surface area contributed by atoms with Crippen molar-refractivity contribution in [1.29, 1.82) is 0 Å². The van der Waals surface area contributed by atoms with Crippen LogP contribution in [0.4, 0.5) is 11.9 Å². The van der Waals surface area contributed by atoms with Crippen LogP contribution in [0.25, 0.3) is 22.1 Å². The number of nitrogens with one attached hydrogen (secondary N) is 3. The Hall–Kier alpha value is -10.1. The van der Waals surface area contributed by atoms with Gasteiger partial charge in [0.15, 0.2) is 0 Å². The van der Waals surface area contributed by atoms with Gasteiger partial charge in [-0.15, -0.1) is 0 Å². The van der Waals surface area contributed by atoms with Crippen LogP contribution in [-0.2, 0) is 51.8 Å². The van der Waals surface area contributed by atoms with Crippen LogP contribution >= 0.6 is 0 Å². The van der Waals surface area contributed by atoms with E-state index in [1.165, 1.54) is 43.4 Å². The molecule has 0 saturated carbocycles. The Labute approximate surface area is 470 Å². The van der Waals surface area contributed by atoms with Crippen molar-refractivity contribution in [2.75, 3.05) is 51.6 Å². The number of primary amides is 2. The second kappa shape index (κ2) is 25.3. The smallest absolute Gasteiger partial charge is 0.276 e. The predicted molar refractivity (Wildman–Crippen MR) is 300 cm³/mol. The number of nitrogens with two attached hydrogens (primary N) is 2. The standard InChI is InChI=1S/C56H63N15O11/c1-8-70-41(25-32(3)64-70)52(77)62-55-60-38-28-35(50(57)75)30-43(81-7)48(38)68(55)21-10-11-22-69-49-39(61-56(69)63-53(78)42-26-33(4)65-71(42)9-2)29-36(51(58)76)31-44(49)82-24-12-20-66(5)54(79)40(27-34-13-15-37(80-6)16-14-34)59-45(72)19-23-67-46(73)17-18-47(67)74/h10-11,13-18,25-26,28-31,40H,8-9,12,19-24,27H2,1-7H3,(H2,57,75)(H2,58,76)(H,59,72)(H,60,62,77)(H,61,63,78)/b11-10+/t40-/m0/s1. The molecule has 0 unspecified atom stereocenters. The fourth-order valence-corrected chi connectivity index (χ4v) is 9.38. The third kappa shape index (κ3) is 13.0. The zero-order valence-corrected chi connectivity index (χ0v) is 46.3. The number of aryl methyl sites for hydroxylation is 4. The highest BCUT2D eigenvalue weighted by Crippen LogP contribution is 2.33. The number of carbonyl (C=O) groups is 8. The molecule has 0 spiro atoms. The number of nitrogens with zero attached hydrogens (tertiary/aromatic N) is 10. The molecule has 82 heavy (non-hydrogen) atoms. The Morgan fingerprint density at radius 2 is 1.22 bits per heavy atom. The van der Waals surface area contributed by atoms with Crippen LogP contribution in [0.1, 0.15) is 85.3 Å². The van der Waals surface area contributed by atoms with Crippen LogP contribution < -0.4 is 41.6 Å². The number of methoxy groups -OCH3 is 2. The summed E-state index contributed by atoms with van der Waals surface area (Å²) in [5, 5.41) is 17.4. The van der Waals surface area contributed by atoms with Crippen molar-refractivity contribution in [3.05, 3.63) is 124 Å². The minimum absolute atomic E-state index is 0.00580. The van der Waals surface area contributed by atoms with Gasteiger partial charge in [0.1, 0.15) is 45.7 Å². The number of amides is 8. The minimum Gasteiger partial charge on any atom is -0.497 e. The molecule has 0 saturated heterocycles. The number of hydrogen-bond donors (Lipinski definition) is 5. The number of ether oxygens (including phenoxy) is 3. The van der Waals surface area contributed by atoms with E-state index in [0.717, 1.165) is 22.6 Å². The van der Waals surface area contributed by atoms with Crippen LogP contribution in [0.15, 0.2) is 85.0 Å². The lowest BCUT2D eigenvalue weighted by Crippen LogP contribution is -2.49. The van der Waals surface area contributed by atoms with Gasteiger partial charge >= 0.3 is 0 Å². The number of anilines is 2. The molecule has 428 valence electrons. The fourth-order valence-electron chi connectivity index (χ4n) is 9.38. The van der Waals surface area contributed by atoms with E-state index in [1.807, 2.05) is 13.8 Å². The largest absolute Gasteiger partial charge is 0.497 e. The lowest BCUT2D eigenvalue weighted by molar-refractivity contribution is -0.138. The van der Waals surface area contributed by atoms with Gasteiger partial charge in [0.05, 0.1) is 43.2 Å². The molecule has 1 aliphatic heterocycles. The lowest BCUT2D eigenvalue weighted by atomic mass is 10.0. The molecule has 1 atom stereocenters. The highest BCUT2D eigenvalue weighted by molar-refractivity contribution is 6.13. The third-order valence-corrected chi connectivity index (χ3v) is 13.4. The fraction of sp³-hybridized carbons (Fsp3) is 0.321. The van der Waals surface area contributed by atoms with Crippen molar-refractivity contribution >= 4 is 81.2 Å². The third-order valence-electron chi connectivity index (χ3n) is 13.4. The molecule has 26 nitrogen and oxygen atoms in total. The van der Waals surface area contributed by atoms with Crippen molar-refractivity contribution < 1.29 is 52.6 Å². The number of carbonyl (C=O) groups excluding carboxylic acids is 8. The second-order valence-corrected chi connectivity index (χ2v) is 19.1. The van der Waals surface area contributed by atoms with Gasteiger partial charge in [-0.25, -0.2) is 9.97 Å². The summed E-state index contributed by atoms with van der Waals surface area (Å²) in [6.45, 7) is 8.18. The number of allylic oxidation sites excluding steroid dienone is 2. The van der Waals surface area contributed by atoms with Crippen LogP contribution in [0.2, 0.25) is 0 Å². The first-order valence-electron chi connectivity index (χ1n) is 26.2. The molecule has 8 amide bonds. The Morgan fingerprint density at radius 1 is 0.707 bits per heavy atom. The lowest BCUT2D eigenvalue weighted by Gasteiger charge is -2.25. The van der Waals surface area contributed by atoms with E-state index >= 15 is 0 Å². The van der Waals surface area contributed by atoms with Crippen molar-refractivity contribution in [2.24, 2.45) is 11.5 Å². The first-order chi connectivity index (χ1) is 39.3. The summed E-state index contributed by atoms with van der Waals surface area (Å²) >= 11 is 0. The Bertz CT molecular complexity index is 3680. The maximum atomic E-state index is 14.2. The zero-order valence-electron chi connectivity index (χ0n) is 46.3. The Kier molecular flexibility index (Phi) is 17.9. The van der Waals surface area contributed by atoms with Crippen molar-refractivity contribution in [3.8, 4) is 17.2 Å². The molecular weight excluding hydrogens is 1060 g/mol. The minimum atomic E-state index is -1.03. The molecule has 5 heterocycles. The summed E-state index contributed by atoms with van der Waals surface area (Å²) < 4.78 is 23.9. The molecule has 0 radical (unpaired) electrons. The quantitative estimate of drug-likeness (QED) is 0.0293. The number of benzene rings is 3. The normalized spacial score (nSPS) is 12.6. The molecule has 7 aromatic rings. The van der Waals surface area contributed by atoms with Gasteiger partial charge in [-0.2, -0.15) is 10.2 Å². The highest BCUT2D eigenvalue weighted by Gasteiger charge is 2.29. The summed E-state index contributed by atoms with van der Waals surface area (Å²) in [6, 6.07) is 15.2. The summed E-state index contributed by atoms with van der Waals surface area (Å²) in [5.74, 6) is -3.27. The van der Waals surface area contributed by atoms with Crippen LogP contribution in [0.3, 0.4) is 0 Å². The van der Waals surface area contributed by atoms with E-state index in [-0.39, 0.29) is 97.8 Å². The first kappa shape index (κ1) is 58.0. The van der Waals surface area contributed by atoms with Gasteiger partial charge in [0, 0.05) is 82.4 Å². The molecule has 0 fully saturated rings. The van der Waals surface area contributed by atoms with Crippen molar-refractivity contribution in [3.63, 3.8) is 0 Å². The van der Waals surface area contributed by atoms with Gasteiger partial charge in [0.25, 0.3) is 23.6 Å². The number of imidazole rings is 2. The van der Waals surface area contributed by atoms with Gasteiger partial charge in [0.2, 0.25) is 35.5 Å². The van der Waals surface area contributed by atoms with Crippen molar-refractivity contribution in [1.82, 2.24) is 53.8 Å². The average molecular weight is 1120 g/mol. The van der Waals surface area contributed by atoms with Crippen LogP contribution in [-0.4, -0.2) is 143 Å². The first-order valence-corrected chi connectivity index (χ1v) is 26.2. The summed E-state index contributed by atoms with van der Waals surface area (Å²) in [6.07, 6.45) is 5.97. The highest BCUT2D eigenvalue weighted by atomic mass is 16.5. The summed E-state index contributed by atoms with van der Waals surface area (Å²) in [7, 11) is 4.54. The van der Waals surface area contributed by atoms with Crippen LogP contribution in [0, 0.1) is 13.8 Å². The van der Waals surface area contributed by atoms with Gasteiger partial charge in [-0.3, -0.25) is 63.3 Å². The molecule has 26 heteroatoms. The molecule has 0 bridgehead atoms. The number of hydrogen-bond acceptors (Lipinski definition) is 15. The zero-order chi connectivity index (χ0) is 58.9. The Morgan fingerprint density at radius 3 is 1.71 bits per heavy atom. The summed E-state index contributed by atoms with van der Waals surface area (Å²) in [4.78, 5) is 117. The predicted octanol–water partition coefficient (Wildman–Crippen LogP) is 3.68. The number of fused-ring (bicyclic) bond motifs is 2. The van der Waals surface area contributed by atoms with Crippen molar-refractivity contribution in [2.45, 2.75) is 79.2 Å². The Balaban J connectivity index is 1.07. The second-order valence-electron chi connectivity index (χ2n) is 19.1. The van der Waals surface area contributed by atoms with Crippen LogP contribution in [0.5, 0.6) is 17.2 Å². The number of imide groups is 1. The van der Waals surface area contributed by atoms with Gasteiger partial charge in [-0.05, 0) is 88.2 Å². The SMILES string of the molecule is CCn1nc(C)cc1C(=O)Nc1nc2cc(C(N)=O)cc(OC)c2n1C/C=C/Cn1c(NC(=O)c2cc(C)nn2CC)nc2cc(C(N)=O)cc(OCCCN(C)C(=O)[C@H](Cc3ccc(OC)cc3)NC(=O)CCN3C(=O)C=CC3=O)c21. The van der Waals surface area contributed by atoms with Gasteiger partial charge < -0.3 is 45.0 Å². The monoisotopic (exact) mass is 1120 g/mol. The molecule has 4 aromatic heterocycles. The molecule has 8 rings (SSSR count). The van der Waals surface area contributed by atoms with E-state index in [4.69, 9.17) is 35.6 Å². The maximum Gasteiger partial charge on any atom is 0.276 e. The number of rotatable bonds is 26. The van der Waals surface area contributed by atoms with E-state index < -0.39 is 53.3 Å². The number of aromatic nitrogens is 8. The molecular formula is C56H63N15O11. The van der Waals surface area contributed by atoms with E-state index in [0.29, 0.717) is 52.5 Å². The van der Waals surface area contributed by atoms with E-state index in [1.54, 1.807) is 87.9 Å². The summed E-state index contributed by atoms with van der Waals surface area (Å²) in [5.41, 5.74) is 15.7. The number of likely N-dealkylation sites (N-methyl/N-ethyl adjacent to an activating group) is 1. The van der Waals surface area contributed by atoms with E-state index in [9.17, 15) is 38.4 Å². The average Bonchev–Trinajstić information content (AvgIpc) is 3.56. The molecule has 0 aliphatic carbocycles. The van der Waals surface area contributed by atoms with E-state index in [2.05, 4.69) is 26.1 Å². The molecule has 1 aliphatic rings. The van der Waals surface area contributed by atoms with Gasteiger partial charge in [-0.1, -0.05) is 24.3 Å². The maximum absolute atomic E-state index is 14.2.